The Balaban J connectivity index is 1.91. The first-order chi connectivity index (χ1) is 13.5. The third-order valence-corrected chi connectivity index (χ3v) is 5.39. The molecule has 0 aliphatic carbocycles. The SMILES string of the molecule is Cc1cc(C(C)N)c2nc(C3CCN(C(=O)OC(C)(C)C)CC3)n(C)c(=O)c2c1. The first-order valence-electron chi connectivity index (χ1n) is 10.2. The minimum absolute atomic E-state index is 0.0508. The van der Waals surface area contributed by atoms with E-state index < -0.39 is 5.60 Å². The summed E-state index contributed by atoms with van der Waals surface area (Å²) >= 11 is 0. The maximum Gasteiger partial charge on any atom is 0.410 e. The molecule has 7 nitrogen and oxygen atoms in total. The Morgan fingerprint density at radius 2 is 1.90 bits per heavy atom. The lowest BCUT2D eigenvalue weighted by atomic mass is 9.95. The molecule has 3 rings (SSSR count). The molecule has 1 aromatic carbocycles. The summed E-state index contributed by atoms with van der Waals surface area (Å²) < 4.78 is 7.13. The molecule has 1 aromatic heterocycles. The number of nitrogens with zero attached hydrogens (tertiary/aromatic N) is 3. The van der Waals surface area contributed by atoms with Gasteiger partial charge in [-0.3, -0.25) is 9.36 Å². The Morgan fingerprint density at radius 1 is 1.28 bits per heavy atom. The summed E-state index contributed by atoms with van der Waals surface area (Å²) in [4.78, 5) is 32.0. The van der Waals surface area contributed by atoms with Crippen LogP contribution in [-0.4, -0.2) is 39.2 Å². The van der Waals surface area contributed by atoms with Crippen LogP contribution in [0.3, 0.4) is 0 Å². The molecule has 7 heteroatoms. The highest BCUT2D eigenvalue weighted by Crippen LogP contribution is 2.29. The summed E-state index contributed by atoms with van der Waals surface area (Å²) in [6.45, 7) is 10.6. The molecule has 2 heterocycles. The summed E-state index contributed by atoms with van der Waals surface area (Å²) in [6.07, 6.45) is 1.19. The second-order valence-electron chi connectivity index (χ2n) is 9.11. The number of aromatic nitrogens is 2. The summed E-state index contributed by atoms with van der Waals surface area (Å²) in [6, 6.07) is 3.68. The number of ether oxygens (including phenoxy) is 1. The Labute approximate surface area is 171 Å². The predicted octanol–water partition coefficient (Wildman–Crippen LogP) is 3.38. The summed E-state index contributed by atoms with van der Waals surface area (Å²) in [5, 5.41) is 0.606. The van der Waals surface area contributed by atoms with E-state index >= 15 is 0 Å². The Hall–Kier alpha value is -2.41. The van der Waals surface area contributed by atoms with E-state index in [1.807, 2.05) is 46.8 Å². The smallest absolute Gasteiger partial charge is 0.410 e. The highest BCUT2D eigenvalue weighted by molar-refractivity contribution is 5.82. The van der Waals surface area contributed by atoms with E-state index in [4.69, 9.17) is 15.5 Å². The van der Waals surface area contributed by atoms with Crippen LogP contribution < -0.4 is 11.3 Å². The summed E-state index contributed by atoms with van der Waals surface area (Å²) in [5.41, 5.74) is 8.19. The number of fused-ring (bicyclic) bond motifs is 1. The van der Waals surface area contributed by atoms with Gasteiger partial charge < -0.3 is 15.4 Å². The molecule has 1 amide bonds. The van der Waals surface area contributed by atoms with Gasteiger partial charge in [0.05, 0.1) is 10.9 Å². The fourth-order valence-electron chi connectivity index (χ4n) is 3.93. The molecule has 29 heavy (non-hydrogen) atoms. The molecule has 2 N–H and O–H groups in total. The number of carbonyl (C=O) groups excluding carboxylic acids is 1. The third kappa shape index (κ3) is 4.45. The van der Waals surface area contributed by atoms with Crippen LogP contribution >= 0.6 is 0 Å². The van der Waals surface area contributed by atoms with Crippen LogP contribution in [0.15, 0.2) is 16.9 Å². The summed E-state index contributed by atoms with van der Waals surface area (Å²) in [5.74, 6) is 0.870. The lowest BCUT2D eigenvalue weighted by Gasteiger charge is -2.33. The lowest BCUT2D eigenvalue weighted by molar-refractivity contribution is 0.0202. The average Bonchev–Trinajstić information content (AvgIpc) is 2.63. The average molecular weight is 401 g/mol. The van der Waals surface area contributed by atoms with Crippen molar-refractivity contribution in [1.29, 1.82) is 0 Å². The van der Waals surface area contributed by atoms with E-state index in [1.54, 1.807) is 16.5 Å². The number of likely N-dealkylation sites (tertiary alicyclic amines) is 1. The van der Waals surface area contributed by atoms with Gasteiger partial charge in [0.1, 0.15) is 11.4 Å². The molecule has 0 bridgehead atoms. The van der Waals surface area contributed by atoms with E-state index in [9.17, 15) is 9.59 Å². The lowest BCUT2D eigenvalue weighted by Crippen LogP contribution is -2.42. The van der Waals surface area contributed by atoms with Gasteiger partial charge in [-0.05, 0) is 64.7 Å². The van der Waals surface area contributed by atoms with Gasteiger partial charge >= 0.3 is 6.09 Å². The third-order valence-electron chi connectivity index (χ3n) is 5.39. The largest absolute Gasteiger partial charge is 0.444 e. The molecule has 1 saturated heterocycles. The molecule has 0 radical (unpaired) electrons. The molecular weight excluding hydrogens is 368 g/mol. The zero-order valence-electron chi connectivity index (χ0n) is 18.3. The molecule has 158 valence electrons. The van der Waals surface area contributed by atoms with Crippen LogP contribution in [0.5, 0.6) is 0 Å². The van der Waals surface area contributed by atoms with E-state index in [-0.39, 0.29) is 23.6 Å². The first kappa shape index (κ1) is 21.3. The number of carbonyl (C=O) groups is 1. The van der Waals surface area contributed by atoms with Crippen LogP contribution in [-0.2, 0) is 11.8 Å². The zero-order chi connectivity index (χ0) is 21.5. The topological polar surface area (TPSA) is 90.4 Å². The number of nitrogens with two attached hydrogens (primary N) is 1. The van der Waals surface area contributed by atoms with Gasteiger partial charge in [-0.15, -0.1) is 0 Å². The molecule has 0 saturated carbocycles. The highest BCUT2D eigenvalue weighted by atomic mass is 16.6. The van der Waals surface area contributed by atoms with Crippen LogP contribution in [0.25, 0.3) is 10.9 Å². The maximum absolute atomic E-state index is 13.0. The number of hydrogen-bond acceptors (Lipinski definition) is 5. The van der Waals surface area contributed by atoms with E-state index in [1.165, 1.54) is 0 Å². The first-order valence-corrected chi connectivity index (χ1v) is 10.2. The van der Waals surface area contributed by atoms with Gasteiger partial charge in [0.25, 0.3) is 5.56 Å². The molecule has 1 aliphatic heterocycles. The maximum atomic E-state index is 13.0. The highest BCUT2D eigenvalue weighted by Gasteiger charge is 2.29. The molecule has 1 atom stereocenters. The number of benzene rings is 1. The van der Waals surface area contributed by atoms with Crippen molar-refractivity contribution < 1.29 is 9.53 Å². The fraction of sp³-hybridized carbons (Fsp3) is 0.591. The molecule has 0 spiro atoms. The van der Waals surface area contributed by atoms with Crippen LogP contribution in [0.2, 0.25) is 0 Å². The number of aryl methyl sites for hydroxylation is 1. The van der Waals surface area contributed by atoms with Crippen molar-refractivity contribution >= 4 is 17.0 Å². The second kappa shape index (κ2) is 7.78. The van der Waals surface area contributed by atoms with Crippen molar-refractivity contribution in [2.24, 2.45) is 12.8 Å². The van der Waals surface area contributed by atoms with Gasteiger partial charge in [0, 0.05) is 32.1 Å². The number of piperidine rings is 1. The van der Waals surface area contributed by atoms with Gasteiger partial charge in [-0.1, -0.05) is 6.07 Å². The van der Waals surface area contributed by atoms with Crippen molar-refractivity contribution in [2.75, 3.05) is 13.1 Å². The number of hydrogen-bond donors (Lipinski definition) is 1. The fourth-order valence-corrected chi connectivity index (χ4v) is 3.93. The molecule has 1 unspecified atom stereocenters. The number of rotatable bonds is 2. The van der Waals surface area contributed by atoms with Gasteiger partial charge in [0.2, 0.25) is 0 Å². The van der Waals surface area contributed by atoms with Gasteiger partial charge in [0.15, 0.2) is 0 Å². The number of amides is 1. The van der Waals surface area contributed by atoms with E-state index in [0.717, 1.165) is 29.8 Å². The molecule has 2 aromatic rings. The molecule has 1 aliphatic rings. The van der Waals surface area contributed by atoms with Crippen LogP contribution in [0.1, 0.15) is 69.4 Å². The monoisotopic (exact) mass is 400 g/mol. The quantitative estimate of drug-likeness (QED) is 0.835. The van der Waals surface area contributed by atoms with Crippen molar-refractivity contribution in [1.82, 2.24) is 14.5 Å². The van der Waals surface area contributed by atoms with E-state index in [0.29, 0.717) is 24.0 Å². The Kier molecular flexibility index (Phi) is 5.72. The van der Waals surface area contributed by atoms with Crippen molar-refractivity contribution in [3.05, 3.63) is 39.4 Å². The zero-order valence-corrected chi connectivity index (χ0v) is 18.3. The molecule has 1 fully saturated rings. The Bertz CT molecular complexity index is 980. The Morgan fingerprint density at radius 3 is 2.45 bits per heavy atom. The van der Waals surface area contributed by atoms with Crippen molar-refractivity contribution in [2.45, 2.75) is 65.0 Å². The minimum Gasteiger partial charge on any atom is -0.444 e. The van der Waals surface area contributed by atoms with Crippen molar-refractivity contribution in [3.63, 3.8) is 0 Å². The van der Waals surface area contributed by atoms with Gasteiger partial charge in [-0.25, -0.2) is 9.78 Å². The van der Waals surface area contributed by atoms with Crippen LogP contribution in [0.4, 0.5) is 4.79 Å². The normalized spacial score (nSPS) is 16.9. The standard InChI is InChI=1S/C22H32N4O3/c1-13-11-16(14(2)23)18-17(12-13)20(27)25(6)19(24-18)15-7-9-26(10-8-15)21(28)29-22(3,4)5/h11-12,14-15H,7-10,23H2,1-6H3. The van der Waals surface area contributed by atoms with Crippen LogP contribution in [0, 0.1) is 6.92 Å². The minimum atomic E-state index is -0.509. The summed E-state index contributed by atoms with van der Waals surface area (Å²) in [7, 11) is 1.78. The van der Waals surface area contributed by atoms with E-state index in [2.05, 4.69) is 0 Å². The molecular formula is C22H32N4O3. The predicted molar refractivity (Wildman–Crippen MR) is 114 cm³/mol. The van der Waals surface area contributed by atoms with Crippen molar-refractivity contribution in [3.8, 4) is 0 Å². The van der Waals surface area contributed by atoms with Gasteiger partial charge in [-0.2, -0.15) is 0 Å². The second-order valence-corrected chi connectivity index (χ2v) is 9.11.